The van der Waals surface area contributed by atoms with Gasteiger partial charge in [0.2, 0.25) is 15.9 Å². The number of benzene rings is 1. The number of sulfonamides is 1. The normalized spacial score (nSPS) is 15.5. The Bertz CT molecular complexity index is 1080. The topological polar surface area (TPSA) is 123 Å². The van der Waals surface area contributed by atoms with Crippen LogP contribution in [-0.2, 0) is 14.8 Å². The number of aryl methyl sites for hydroxylation is 1. The van der Waals surface area contributed by atoms with E-state index in [0.717, 1.165) is 11.8 Å². The summed E-state index contributed by atoms with van der Waals surface area (Å²) in [7, 11) is -2.67. The molecule has 160 valence electrons. The van der Waals surface area contributed by atoms with Gasteiger partial charge in [0.05, 0.1) is 16.9 Å². The molecule has 0 unspecified atom stereocenters. The maximum absolute atomic E-state index is 12.9. The highest BCUT2D eigenvalue weighted by molar-refractivity contribution is 7.89. The van der Waals surface area contributed by atoms with Crippen molar-refractivity contribution in [3.63, 3.8) is 0 Å². The molecular weight excluding hydrogens is 414 g/mol. The molecule has 0 N–H and O–H groups in total. The van der Waals surface area contributed by atoms with Crippen molar-refractivity contribution in [2.75, 3.05) is 33.3 Å². The van der Waals surface area contributed by atoms with Crippen LogP contribution in [0.1, 0.15) is 11.5 Å². The first kappa shape index (κ1) is 21.5. The van der Waals surface area contributed by atoms with Crippen LogP contribution in [0.3, 0.4) is 0 Å². The first-order valence-electron chi connectivity index (χ1n) is 9.08. The molecule has 0 saturated carbocycles. The van der Waals surface area contributed by atoms with Crippen LogP contribution in [0.25, 0.3) is 6.08 Å². The molecule has 1 amide bonds. The number of hydrogen-bond donors (Lipinski definition) is 0. The van der Waals surface area contributed by atoms with Crippen LogP contribution in [0.2, 0.25) is 0 Å². The SMILES string of the molecule is COc1ccc(S(=O)(=O)N2CCN(C(=O)/C=C/c3ccc(C)o3)CC2)cc1[N+](=O)[O-]. The molecule has 2 heterocycles. The van der Waals surface area contributed by atoms with E-state index in [2.05, 4.69) is 0 Å². The van der Waals surface area contributed by atoms with Gasteiger partial charge < -0.3 is 14.1 Å². The minimum atomic E-state index is -3.94. The summed E-state index contributed by atoms with van der Waals surface area (Å²) in [5, 5.41) is 11.2. The number of carbonyl (C=O) groups is 1. The van der Waals surface area contributed by atoms with Crippen molar-refractivity contribution in [2.45, 2.75) is 11.8 Å². The number of carbonyl (C=O) groups excluding carboxylic acids is 1. The first-order chi connectivity index (χ1) is 14.2. The molecule has 1 fully saturated rings. The third kappa shape index (κ3) is 4.52. The molecule has 1 aromatic heterocycles. The number of nitrogens with zero attached hydrogens (tertiary/aromatic N) is 3. The van der Waals surface area contributed by atoms with Gasteiger partial charge in [-0.15, -0.1) is 0 Å². The Kier molecular flexibility index (Phi) is 6.22. The van der Waals surface area contributed by atoms with Gasteiger partial charge in [-0.1, -0.05) is 0 Å². The Morgan fingerprint density at radius 2 is 1.90 bits per heavy atom. The van der Waals surface area contributed by atoms with Gasteiger partial charge in [-0.3, -0.25) is 14.9 Å². The molecule has 1 aliphatic heterocycles. The first-order valence-corrected chi connectivity index (χ1v) is 10.5. The summed E-state index contributed by atoms with van der Waals surface area (Å²) < 4.78 is 37.3. The third-order valence-electron chi connectivity index (χ3n) is 4.69. The van der Waals surface area contributed by atoms with E-state index in [1.165, 1.54) is 34.5 Å². The maximum Gasteiger partial charge on any atom is 0.312 e. The Balaban J connectivity index is 1.68. The van der Waals surface area contributed by atoms with Gasteiger partial charge in [-0.25, -0.2) is 8.42 Å². The summed E-state index contributed by atoms with van der Waals surface area (Å²) in [6.45, 7) is 2.38. The lowest BCUT2D eigenvalue weighted by Crippen LogP contribution is -2.50. The molecule has 30 heavy (non-hydrogen) atoms. The predicted octanol–water partition coefficient (Wildman–Crippen LogP) is 2.05. The Hall–Kier alpha value is -3.18. The number of methoxy groups -OCH3 is 1. The molecule has 0 aliphatic carbocycles. The summed E-state index contributed by atoms with van der Waals surface area (Å²) in [4.78, 5) is 24.2. The highest BCUT2D eigenvalue weighted by atomic mass is 32.2. The molecule has 2 aromatic rings. The second-order valence-corrected chi connectivity index (χ2v) is 8.54. The van der Waals surface area contributed by atoms with Gasteiger partial charge in [0.15, 0.2) is 5.75 Å². The molecule has 0 bridgehead atoms. The molecule has 11 heteroatoms. The number of nitro groups is 1. The average molecular weight is 435 g/mol. The summed E-state index contributed by atoms with van der Waals surface area (Å²) in [6, 6.07) is 7.05. The predicted molar refractivity (Wildman–Crippen MR) is 107 cm³/mol. The van der Waals surface area contributed by atoms with E-state index in [1.807, 2.05) is 0 Å². The molecule has 10 nitrogen and oxygen atoms in total. The molecule has 1 aromatic carbocycles. The van der Waals surface area contributed by atoms with E-state index < -0.39 is 20.6 Å². The zero-order chi connectivity index (χ0) is 21.9. The number of ether oxygens (including phenoxy) is 1. The number of amides is 1. The Morgan fingerprint density at radius 3 is 2.47 bits per heavy atom. The van der Waals surface area contributed by atoms with Crippen LogP contribution in [-0.4, -0.2) is 61.7 Å². The largest absolute Gasteiger partial charge is 0.490 e. The number of nitro benzene ring substituents is 1. The highest BCUT2D eigenvalue weighted by Gasteiger charge is 2.31. The summed E-state index contributed by atoms with van der Waals surface area (Å²) in [5.74, 6) is 1.02. The van der Waals surface area contributed by atoms with Gasteiger partial charge in [-0.05, 0) is 37.3 Å². The van der Waals surface area contributed by atoms with Gasteiger partial charge >= 0.3 is 5.69 Å². The van der Waals surface area contributed by atoms with Crippen LogP contribution in [0, 0.1) is 17.0 Å². The lowest BCUT2D eigenvalue weighted by Gasteiger charge is -2.33. The van der Waals surface area contributed by atoms with Crippen LogP contribution < -0.4 is 4.74 Å². The van der Waals surface area contributed by atoms with E-state index >= 15 is 0 Å². The Morgan fingerprint density at radius 1 is 1.20 bits per heavy atom. The summed E-state index contributed by atoms with van der Waals surface area (Å²) in [5.41, 5.74) is -0.425. The monoisotopic (exact) mass is 435 g/mol. The van der Waals surface area contributed by atoms with Crippen LogP contribution in [0.15, 0.2) is 45.7 Å². The molecule has 1 saturated heterocycles. The van der Waals surface area contributed by atoms with Gasteiger partial charge in [-0.2, -0.15) is 4.31 Å². The van der Waals surface area contributed by atoms with Crippen molar-refractivity contribution >= 4 is 27.7 Å². The second kappa shape index (κ2) is 8.67. The van der Waals surface area contributed by atoms with Gasteiger partial charge in [0, 0.05) is 38.3 Å². The van der Waals surface area contributed by atoms with Crippen LogP contribution >= 0.6 is 0 Å². The maximum atomic E-state index is 12.9. The average Bonchev–Trinajstić information content (AvgIpc) is 3.16. The third-order valence-corrected chi connectivity index (χ3v) is 6.58. The Labute approximate surface area is 173 Å². The van der Waals surface area contributed by atoms with Gasteiger partial charge in [0.1, 0.15) is 11.5 Å². The summed E-state index contributed by atoms with van der Waals surface area (Å²) in [6.07, 6.45) is 2.95. The van der Waals surface area contributed by atoms with Crippen LogP contribution in [0.5, 0.6) is 5.75 Å². The molecular formula is C19H21N3O7S. The lowest BCUT2D eigenvalue weighted by molar-refractivity contribution is -0.386. The van der Waals surface area contributed by atoms with Crippen molar-refractivity contribution in [3.05, 3.63) is 58.0 Å². The standard InChI is InChI=1S/C19H21N3O7S/c1-14-3-4-15(29-14)5-8-19(23)20-9-11-21(12-10-20)30(26,27)16-6-7-18(28-2)17(13-16)22(24)25/h3-8,13H,9-12H2,1-2H3/b8-5+. The number of piperazine rings is 1. The molecule has 1 aliphatic rings. The van der Waals surface area contributed by atoms with E-state index in [9.17, 15) is 23.3 Å². The van der Waals surface area contributed by atoms with E-state index in [0.29, 0.717) is 5.76 Å². The van der Waals surface area contributed by atoms with E-state index in [1.54, 1.807) is 25.1 Å². The van der Waals surface area contributed by atoms with Crippen molar-refractivity contribution in [1.82, 2.24) is 9.21 Å². The molecule has 0 atom stereocenters. The fraction of sp³-hybridized carbons (Fsp3) is 0.316. The zero-order valence-corrected chi connectivity index (χ0v) is 17.3. The number of rotatable bonds is 6. The zero-order valence-electron chi connectivity index (χ0n) is 16.5. The quantitative estimate of drug-likeness (QED) is 0.386. The van der Waals surface area contributed by atoms with E-state index in [-0.39, 0.29) is 42.7 Å². The minimum absolute atomic E-state index is 0.0205. The van der Waals surface area contributed by atoms with Crippen LogP contribution in [0.4, 0.5) is 5.69 Å². The fourth-order valence-corrected chi connectivity index (χ4v) is 4.52. The number of hydrogen-bond acceptors (Lipinski definition) is 7. The van der Waals surface area contributed by atoms with E-state index in [4.69, 9.17) is 9.15 Å². The van der Waals surface area contributed by atoms with Gasteiger partial charge in [0.25, 0.3) is 0 Å². The van der Waals surface area contributed by atoms with Crippen molar-refractivity contribution in [3.8, 4) is 5.75 Å². The van der Waals surface area contributed by atoms with Crippen molar-refractivity contribution in [1.29, 1.82) is 0 Å². The molecule has 0 radical (unpaired) electrons. The highest BCUT2D eigenvalue weighted by Crippen LogP contribution is 2.30. The number of furan rings is 1. The minimum Gasteiger partial charge on any atom is -0.490 e. The van der Waals surface area contributed by atoms with Crippen molar-refractivity contribution < 1.29 is 27.3 Å². The molecule has 0 spiro atoms. The lowest BCUT2D eigenvalue weighted by atomic mass is 10.3. The fourth-order valence-electron chi connectivity index (χ4n) is 3.07. The second-order valence-electron chi connectivity index (χ2n) is 6.60. The molecule has 3 rings (SSSR count). The smallest absolute Gasteiger partial charge is 0.312 e. The summed E-state index contributed by atoms with van der Waals surface area (Å²) >= 11 is 0. The van der Waals surface area contributed by atoms with Crippen molar-refractivity contribution in [2.24, 2.45) is 0 Å².